The lowest BCUT2D eigenvalue weighted by Gasteiger charge is -2.13. The summed E-state index contributed by atoms with van der Waals surface area (Å²) >= 11 is 6.17. The van der Waals surface area contributed by atoms with Crippen molar-refractivity contribution in [2.45, 2.75) is 24.7 Å². The Bertz CT molecular complexity index is 1340. The first-order valence-electron chi connectivity index (χ1n) is 11.7. The van der Waals surface area contributed by atoms with Gasteiger partial charge in [-0.2, -0.15) is 52.7 Å². The molecule has 0 bridgehead atoms. The third-order valence-corrected chi connectivity index (χ3v) is 9.47. The number of halogens is 13. The Morgan fingerprint density at radius 1 is 0.372 bits per heavy atom. The summed E-state index contributed by atoms with van der Waals surface area (Å²) in [5.41, 5.74) is -3.10. The van der Waals surface area contributed by atoms with Crippen LogP contribution in [0.3, 0.4) is 0 Å². The van der Waals surface area contributed by atoms with Gasteiger partial charge in [-0.3, -0.25) is 0 Å². The predicted molar refractivity (Wildman–Crippen MR) is 145 cm³/mol. The number of alkyl halides is 12. The molecule has 0 radical (unpaired) electrons. The molecule has 0 amide bonds. The summed E-state index contributed by atoms with van der Waals surface area (Å²) in [7, 11) is -1.53. The summed E-state index contributed by atoms with van der Waals surface area (Å²) in [6, 6.07) is 17.7. The molecule has 0 fully saturated rings. The Morgan fingerprint density at radius 2 is 0.581 bits per heavy atom. The molecule has 0 atom stereocenters. The van der Waals surface area contributed by atoms with Crippen molar-refractivity contribution < 1.29 is 52.7 Å². The molecule has 0 saturated heterocycles. The minimum atomic E-state index is -4.44. The molecule has 15 heteroatoms. The van der Waals surface area contributed by atoms with E-state index in [1.165, 1.54) is 48.5 Å². The number of hydrogen-bond acceptors (Lipinski definition) is 0. The first-order chi connectivity index (χ1) is 19.7. The topological polar surface area (TPSA) is 0 Å². The highest BCUT2D eigenvalue weighted by molar-refractivity contribution is 7.95. The van der Waals surface area contributed by atoms with Crippen molar-refractivity contribution in [3.63, 3.8) is 0 Å². The summed E-state index contributed by atoms with van der Waals surface area (Å²) in [5, 5.41) is 2.12. The van der Waals surface area contributed by atoms with Gasteiger partial charge >= 0.3 is 24.7 Å². The van der Waals surface area contributed by atoms with Gasteiger partial charge in [-0.1, -0.05) is 68.4 Å². The monoisotopic (exact) mass is 678 g/mol. The van der Waals surface area contributed by atoms with Gasteiger partial charge in [-0.05, 0) is 69.7 Å². The molecule has 0 unspecified atom stereocenters. The lowest BCUT2D eigenvalue weighted by Crippen LogP contribution is -2.12. The van der Waals surface area contributed by atoms with Crippen LogP contribution in [0.5, 0.6) is 0 Å². The molecule has 230 valence electrons. The molecule has 4 aromatic carbocycles. The zero-order valence-electron chi connectivity index (χ0n) is 21.1. The van der Waals surface area contributed by atoms with Crippen molar-refractivity contribution in [1.29, 1.82) is 0 Å². The molecular weight excluding hydrogens is 662 g/mol. The highest BCUT2D eigenvalue weighted by atomic mass is 35.7. The van der Waals surface area contributed by atoms with E-state index in [4.69, 9.17) is 11.2 Å². The smallest absolute Gasteiger partial charge is 0.166 e. The van der Waals surface area contributed by atoms with Crippen molar-refractivity contribution in [3.05, 3.63) is 119 Å². The van der Waals surface area contributed by atoms with Crippen LogP contribution in [0.2, 0.25) is 0 Å². The Labute approximate surface area is 245 Å². The second-order valence-electron chi connectivity index (χ2n) is 8.65. The van der Waals surface area contributed by atoms with Crippen molar-refractivity contribution in [2.75, 3.05) is 0 Å². The van der Waals surface area contributed by atoms with Crippen LogP contribution in [0.4, 0.5) is 52.7 Å². The van der Waals surface area contributed by atoms with E-state index in [1.807, 2.05) is 0 Å². The van der Waals surface area contributed by atoms with Crippen LogP contribution in [-0.2, 0) is 24.7 Å². The fraction of sp³-hybridized carbons (Fsp3) is 0.143. The van der Waals surface area contributed by atoms with Gasteiger partial charge in [-0.15, -0.1) is 0 Å². The minimum Gasteiger partial charge on any atom is -0.166 e. The minimum absolute atomic E-state index is 0.00159. The van der Waals surface area contributed by atoms with E-state index in [2.05, 4.69) is 0 Å². The molecule has 4 aromatic rings. The Morgan fingerprint density at radius 3 is 0.791 bits per heavy atom. The van der Waals surface area contributed by atoms with Gasteiger partial charge in [0.2, 0.25) is 0 Å². The third-order valence-electron chi connectivity index (χ3n) is 5.56. The van der Waals surface area contributed by atoms with Crippen LogP contribution in [0, 0.1) is 0 Å². The fourth-order valence-electron chi connectivity index (χ4n) is 3.36. The largest absolute Gasteiger partial charge is 0.416 e. The van der Waals surface area contributed by atoms with Crippen molar-refractivity contribution in [2.24, 2.45) is 0 Å². The van der Waals surface area contributed by atoms with Gasteiger partial charge < -0.3 is 0 Å². The van der Waals surface area contributed by atoms with Crippen LogP contribution in [-0.4, -0.2) is 0 Å². The Hall–Kier alpha value is -2.81. The third kappa shape index (κ3) is 10.1. The Balaban J connectivity index is 0.000000236. The lowest BCUT2D eigenvalue weighted by atomic mass is 10.2. The second-order valence-corrected chi connectivity index (χ2v) is 12.7. The average Bonchev–Trinajstić information content (AvgIpc) is 2.92. The molecule has 0 N–H and O–H groups in total. The van der Waals surface area contributed by atoms with E-state index < -0.39 is 54.2 Å². The molecule has 0 nitrogen and oxygen atoms in total. The SMILES string of the molecule is FC(F)(F)c1ccc(P(Cl)c2ccc(C(F)(F)F)cc2)cc1.FC(F)(F)c1ccc(Pc2ccc(C(F)(F)F)cc2)cc1. The highest BCUT2D eigenvalue weighted by Crippen LogP contribution is 2.40. The molecule has 0 aliphatic rings. The zero-order valence-corrected chi connectivity index (χ0v) is 23.7. The molecule has 4 rings (SSSR count). The quantitative estimate of drug-likeness (QED) is 0.149. The molecule has 43 heavy (non-hydrogen) atoms. The van der Waals surface area contributed by atoms with E-state index in [0.717, 1.165) is 48.5 Å². The van der Waals surface area contributed by atoms with Gasteiger partial charge in [0.05, 0.1) is 29.5 Å². The molecule has 0 heterocycles. The zero-order chi connectivity index (χ0) is 32.2. The number of rotatable bonds is 4. The van der Waals surface area contributed by atoms with Gasteiger partial charge in [0.15, 0.2) is 0 Å². The standard InChI is InChI=1S/C14H8ClF6P.C14H9F6P/c15-22(11-5-1-9(2-6-11)13(16,17)18)12-7-3-10(4-8-12)14(19,20)21;15-13(16,17)9-1-5-11(6-2-9)21-12-7-3-10(4-8-12)14(18,19)20/h1-8H;1-8,21H. The van der Waals surface area contributed by atoms with Crippen LogP contribution in [0.15, 0.2) is 97.1 Å². The molecule has 0 aromatic heterocycles. The molecule has 0 saturated carbocycles. The summed E-state index contributed by atoms with van der Waals surface area (Å²) in [6.45, 7) is 0. The van der Waals surface area contributed by atoms with Crippen LogP contribution >= 0.6 is 27.1 Å². The normalized spacial score (nSPS) is 12.6. The fourth-order valence-corrected chi connectivity index (χ4v) is 6.16. The van der Waals surface area contributed by atoms with Crippen LogP contribution in [0.25, 0.3) is 0 Å². The summed E-state index contributed by atoms with van der Waals surface area (Å²) in [4.78, 5) is 0. The van der Waals surface area contributed by atoms with E-state index >= 15 is 0 Å². The number of benzene rings is 4. The van der Waals surface area contributed by atoms with E-state index in [-0.39, 0.29) is 8.58 Å². The summed E-state index contributed by atoms with van der Waals surface area (Å²) in [5.74, 6) is 0. The first kappa shape index (κ1) is 34.7. The van der Waals surface area contributed by atoms with Crippen LogP contribution < -0.4 is 21.2 Å². The van der Waals surface area contributed by atoms with Crippen LogP contribution in [0.1, 0.15) is 22.3 Å². The molecule has 0 spiro atoms. The van der Waals surface area contributed by atoms with Gasteiger partial charge in [0.1, 0.15) is 0 Å². The van der Waals surface area contributed by atoms with Gasteiger partial charge in [0.25, 0.3) is 0 Å². The molecular formula is C28H17ClF12P2. The van der Waals surface area contributed by atoms with Gasteiger partial charge in [-0.25, -0.2) is 0 Å². The average molecular weight is 679 g/mol. The predicted octanol–water partition coefficient (Wildman–Crippen LogP) is 9.66. The highest BCUT2D eigenvalue weighted by Gasteiger charge is 2.32. The first-order valence-corrected chi connectivity index (χ1v) is 14.9. The second kappa shape index (κ2) is 13.4. The Kier molecular flexibility index (Phi) is 10.8. The van der Waals surface area contributed by atoms with E-state index in [0.29, 0.717) is 21.2 Å². The van der Waals surface area contributed by atoms with Gasteiger partial charge in [0, 0.05) is 0 Å². The molecule has 0 aliphatic heterocycles. The summed E-state index contributed by atoms with van der Waals surface area (Å²) in [6.07, 6.45) is -17.7. The maximum atomic E-state index is 12.5. The van der Waals surface area contributed by atoms with E-state index in [1.54, 1.807) is 0 Å². The summed E-state index contributed by atoms with van der Waals surface area (Å²) < 4.78 is 149. The van der Waals surface area contributed by atoms with Crippen molar-refractivity contribution >= 4 is 48.3 Å². The van der Waals surface area contributed by atoms with E-state index in [9.17, 15) is 52.7 Å². The van der Waals surface area contributed by atoms with Crippen molar-refractivity contribution in [3.8, 4) is 0 Å². The number of hydrogen-bond donors (Lipinski definition) is 0. The molecule has 0 aliphatic carbocycles. The van der Waals surface area contributed by atoms with Crippen molar-refractivity contribution in [1.82, 2.24) is 0 Å². The lowest BCUT2D eigenvalue weighted by molar-refractivity contribution is -0.138. The maximum Gasteiger partial charge on any atom is 0.416 e. The maximum absolute atomic E-state index is 12.5.